The molecular formula is C22H23ClFN3O. The first-order valence-corrected chi connectivity index (χ1v) is 9.93. The Bertz CT molecular complexity index is 888. The van der Waals surface area contributed by atoms with Crippen LogP contribution in [0.5, 0.6) is 5.75 Å². The van der Waals surface area contributed by atoms with Crippen molar-refractivity contribution in [1.82, 2.24) is 15.1 Å². The maximum absolute atomic E-state index is 13.9. The van der Waals surface area contributed by atoms with Gasteiger partial charge in [0.1, 0.15) is 18.2 Å². The fourth-order valence-corrected chi connectivity index (χ4v) is 3.93. The van der Waals surface area contributed by atoms with Crippen LogP contribution in [0.3, 0.4) is 0 Å². The highest BCUT2D eigenvalue weighted by atomic mass is 35.5. The zero-order chi connectivity index (χ0) is 19.3. The van der Waals surface area contributed by atoms with Crippen LogP contribution in [0.15, 0.2) is 54.7 Å². The topological polar surface area (TPSA) is 41.1 Å². The number of rotatable bonds is 6. The third-order valence-electron chi connectivity index (χ3n) is 5.30. The molecule has 0 atom stereocenters. The van der Waals surface area contributed by atoms with Crippen molar-refractivity contribution in [3.63, 3.8) is 0 Å². The molecule has 1 fully saturated rings. The number of aromatic amines is 1. The summed E-state index contributed by atoms with van der Waals surface area (Å²) >= 11 is 6.07. The molecule has 0 spiro atoms. The highest BCUT2D eigenvalue weighted by Crippen LogP contribution is 2.28. The fourth-order valence-electron chi connectivity index (χ4n) is 3.71. The van der Waals surface area contributed by atoms with Crippen LogP contribution < -0.4 is 4.74 Å². The van der Waals surface area contributed by atoms with Crippen molar-refractivity contribution in [3.8, 4) is 5.75 Å². The quantitative estimate of drug-likeness (QED) is 0.622. The Morgan fingerprint density at radius 1 is 1.14 bits per heavy atom. The van der Waals surface area contributed by atoms with Crippen molar-refractivity contribution in [2.45, 2.75) is 31.9 Å². The number of aromatic nitrogens is 2. The molecule has 1 aliphatic rings. The molecule has 0 unspecified atom stereocenters. The lowest BCUT2D eigenvalue weighted by atomic mass is 9.93. The van der Waals surface area contributed by atoms with E-state index in [1.807, 2.05) is 24.4 Å². The van der Waals surface area contributed by atoms with Crippen molar-refractivity contribution in [1.29, 1.82) is 0 Å². The Balaban J connectivity index is 1.33. The van der Waals surface area contributed by atoms with Gasteiger partial charge in [-0.05, 0) is 61.8 Å². The number of benzene rings is 2. The van der Waals surface area contributed by atoms with Gasteiger partial charge in [-0.25, -0.2) is 4.39 Å². The summed E-state index contributed by atoms with van der Waals surface area (Å²) in [5.41, 5.74) is 2.81. The van der Waals surface area contributed by atoms with E-state index in [9.17, 15) is 4.39 Å². The summed E-state index contributed by atoms with van der Waals surface area (Å²) < 4.78 is 19.7. The third kappa shape index (κ3) is 4.54. The number of hydrogen-bond acceptors (Lipinski definition) is 3. The van der Waals surface area contributed by atoms with Crippen molar-refractivity contribution < 1.29 is 9.13 Å². The largest absolute Gasteiger partial charge is 0.489 e. The molecule has 0 saturated carbocycles. The Kier molecular flexibility index (Phi) is 5.93. The monoisotopic (exact) mass is 399 g/mol. The molecule has 0 aliphatic carbocycles. The molecule has 4 nitrogen and oxygen atoms in total. The summed E-state index contributed by atoms with van der Waals surface area (Å²) in [6, 6.07) is 14.7. The molecule has 2 heterocycles. The van der Waals surface area contributed by atoms with Crippen LogP contribution in [0, 0.1) is 5.82 Å². The van der Waals surface area contributed by atoms with E-state index in [4.69, 9.17) is 16.3 Å². The Labute approximate surface area is 169 Å². The van der Waals surface area contributed by atoms with Crippen LogP contribution in [0.2, 0.25) is 5.02 Å². The van der Waals surface area contributed by atoms with Gasteiger partial charge in [0.2, 0.25) is 0 Å². The minimum atomic E-state index is -0.344. The van der Waals surface area contributed by atoms with Gasteiger partial charge in [0.15, 0.2) is 0 Å². The number of nitrogens with one attached hydrogen (secondary N) is 1. The Morgan fingerprint density at radius 3 is 2.71 bits per heavy atom. The summed E-state index contributed by atoms with van der Waals surface area (Å²) in [6.07, 6.45) is 4.08. The number of hydrogen-bond donors (Lipinski definition) is 1. The molecule has 1 aliphatic heterocycles. The number of likely N-dealkylation sites (tertiary alicyclic amines) is 1. The molecule has 2 aromatic carbocycles. The third-order valence-corrected chi connectivity index (χ3v) is 5.65. The lowest BCUT2D eigenvalue weighted by Gasteiger charge is -2.31. The van der Waals surface area contributed by atoms with Crippen molar-refractivity contribution in [3.05, 3.63) is 82.4 Å². The van der Waals surface area contributed by atoms with E-state index >= 15 is 0 Å². The summed E-state index contributed by atoms with van der Waals surface area (Å²) in [5.74, 6) is 0.951. The van der Waals surface area contributed by atoms with E-state index in [-0.39, 0.29) is 12.4 Å². The van der Waals surface area contributed by atoms with Crippen molar-refractivity contribution >= 4 is 11.6 Å². The number of H-pyrrole nitrogens is 1. The molecule has 28 heavy (non-hydrogen) atoms. The molecule has 0 bridgehead atoms. The lowest BCUT2D eigenvalue weighted by molar-refractivity contribution is 0.203. The molecule has 3 aromatic rings. The number of ether oxygens (including phenoxy) is 1. The van der Waals surface area contributed by atoms with Crippen LogP contribution >= 0.6 is 11.6 Å². The van der Waals surface area contributed by atoms with E-state index < -0.39 is 0 Å². The molecule has 1 saturated heterocycles. The number of halogens is 2. The number of piperidine rings is 1. The Morgan fingerprint density at radius 2 is 1.96 bits per heavy atom. The average Bonchev–Trinajstić information content (AvgIpc) is 3.23. The van der Waals surface area contributed by atoms with Crippen LogP contribution in [-0.4, -0.2) is 28.2 Å². The van der Waals surface area contributed by atoms with E-state index in [1.165, 1.54) is 17.3 Å². The zero-order valence-electron chi connectivity index (χ0n) is 15.6. The smallest absolute Gasteiger partial charge is 0.131 e. The first-order chi connectivity index (χ1) is 13.7. The van der Waals surface area contributed by atoms with E-state index in [0.717, 1.165) is 38.2 Å². The van der Waals surface area contributed by atoms with E-state index in [2.05, 4.69) is 27.2 Å². The van der Waals surface area contributed by atoms with Gasteiger partial charge in [0.25, 0.3) is 0 Å². The summed E-state index contributed by atoms with van der Waals surface area (Å²) in [6.45, 7) is 3.11. The average molecular weight is 400 g/mol. The molecule has 1 N–H and O–H groups in total. The van der Waals surface area contributed by atoms with Gasteiger partial charge < -0.3 is 4.74 Å². The van der Waals surface area contributed by atoms with Crippen LogP contribution in [0.4, 0.5) is 4.39 Å². The first kappa shape index (κ1) is 19.0. The van der Waals surface area contributed by atoms with Crippen molar-refractivity contribution in [2.75, 3.05) is 13.1 Å². The predicted molar refractivity (Wildman–Crippen MR) is 108 cm³/mol. The maximum Gasteiger partial charge on any atom is 0.131 e. The molecule has 6 heteroatoms. The second-order valence-corrected chi connectivity index (χ2v) is 7.61. The standard InChI is InChI=1S/C22H23ClFN3O/c23-20-5-2-6-21(24)19(20)15-28-18-4-1-3-16(13-18)14-27-11-8-17(9-12-27)22-7-10-25-26-22/h1-7,10,13,17H,8-9,11-12,14-15H2,(H,25,26). The van der Waals surface area contributed by atoms with Crippen molar-refractivity contribution in [2.24, 2.45) is 0 Å². The second-order valence-electron chi connectivity index (χ2n) is 7.20. The van der Waals surface area contributed by atoms with Gasteiger partial charge in [-0.2, -0.15) is 5.10 Å². The predicted octanol–water partition coefficient (Wildman–Crippen LogP) is 5.16. The molecule has 146 valence electrons. The molecule has 0 amide bonds. The van der Waals surface area contributed by atoms with Crippen LogP contribution in [0.1, 0.15) is 35.6 Å². The van der Waals surface area contributed by atoms with Gasteiger partial charge in [0.05, 0.1) is 5.02 Å². The second kappa shape index (κ2) is 8.76. The van der Waals surface area contributed by atoms with E-state index in [1.54, 1.807) is 12.1 Å². The zero-order valence-corrected chi connectivity index (χ0v) is 16.3. The molecule has 1 aromatic heterocycles. The van der Waals surface area contributed by atoms with Crippen LogP contribution in [0.25, 0.3) is 0 Å². The minimum absolute atomic E-state index is 0.116. The van der Waals surface area contributed by atoms with Crippen LogP contribution in [-0.2, 0) is 13.2 Å². The molecule has 4 rings (SSSR count). The summed E-state index contributed by atoms with van der Waals surface area (Å²) in [4.78, 5) is 2.46. The highest BCUT2D eigenvalue weighted by Gasteiger charge is 2.21. The first-order valence-electron chi connectivity index (χ1n) is 9.55. The van der Waals surface area contributed by atoms with Gasteiger partial charge >= 0.3 is 0 Å². The number of nitrogens with zero attached hydrogens (tertiary/aromatic N) is 2. The Hall–Kier alpha value is -2.37. The van der Waals surface area contributed by atoms with Gasteiger partial charge in [-0.15, -0.1) is 0 Å². The molecule has 0 radical (unpaired) electrons. The normalized spacial score (nSPS) is 15.6. The highest BCUT2D eigenvalue weighted by molar-refractivity contribution is 6.31. The van der Waals surface area contributed by atoms with E-state index in [0.29, 0.717) is 16.5 Å². The molecular weight excluding hydrogens is 377 g/mol. The maximum atomic E-state index is 13.9. The summed E-state index contributed by atoms with van der Waals surface area (Å²) in [7, 11) is 0. The van der Waals surface area contributed by atoms with Gasteiger partial charge in [-0.3, -0.25) is 10.00 Å². The fraction of sp³-hybridized carbons (Fsp3) is 0.318. The summed E-state index contributed by atoms with van der Waals surface area (Å²) in [5, 5.41) is 7.54. The van der Waals surface area contributed by atoms with Gasteiger partial charge in [-0.1, -0.05) is 29.8 Å². The lowest BCUT2D eigenvalue weighted by Crippen LogP contribution is -2.32. The SMILES string of the molecule is Fc1cccc(Cl)c1COc1cccc(CN2CCC(c3ccn[nH]3)CC2)c1. The minimum Gasteiger partial charge on any atom is -0.489 e. The van der Waals surface area contributed by atoms with Gasteiger partial charge in [0, 0.05) is 29.9 Å².